The molecule has 0 spiro atoms. The van der Waals surface area contributed by atoms with Gasteiger partial charge in [0.05, 0.1) is 0 Å². The Hall–Kier alpha value is 0.480. The lowest BCUT2D eigenvalue weighted by atomic mass is 10.1. The lowest BCUT2D eigenvalue weighted by Crippen LogP contribution is -2.33. The zero-order valence-corrected chi connectivity index (χ0v) is 9.46. The predicted molar refractivity (Wildman–Crippen MR) is 51.5 cm³/mol. The van der Waals surface area contributed by atoms with E-state index < -0.39 is 6.65 Å². The summed E-state index contributed by atoms with van der Waals surface area (Å²) < 4.78 is 11.6. The molecule has 2 nitrogen and oxygen atoms in total. The van der Waals surface area contributed by atoms with E-state index in [2.05, 4.69) is 5.09 Å². The van der Waals surface area contributed by atoms with E-state index >= 15 is 0 Å². The molecule has 0 aromatic rings. The fraction of sp³-hybridized carbons (Fsp3) is 1.00. The predicted octanol–water partition coefficient (Wildman–Crippen LogP) is 3.21. The Balaban J connectivity index is 4.26. The summed E-state index contributed by atoms with van der Waals surface area (Å²) in [6, 6.07) is 0. The van der Waals surface area contributed by atoms with Gasteiger partial charge in [-0.15, -0.1) is 0 Å². The summed E-state index contributed by atoms with van der Waals surface area (Å²) in [5.74, 6) is 0. The van der Waals surface area contributed by atoms with Crippen molar-refractivity contribution in [3.05, 3.63) is 0 Å². The maximum Gasteiger partial charge on any atom is 0.235 e. The van der Waals surface area contributed by atoms with E-state index in [1.165, 1.54) is 0 Å². The summed E-state index contributed by atoms with van der Waals surface area (Å²) in [6.07, 6.45) is 0. The van der Waals surface area contributed by atoms with Crippen molar-refractivity contribution in [1.82, 2.24) is 5.09 Å². The van der Waals surface area contributed by atoms with E-state index in [0.29, 0.717) is 0 Å². The van der Waals surface area contributed by atoms with Gasteiger partial charge in [-0.25, -0.2) is 5.09 Å². The van der Waals surface area contributed by atoms with Crippen LogP contribution in [0.2, 0.25) is 0 Å². The average Bonchev–Trinajstić information content (AvgIpc) is 1.56. The second kappa shape index (κ2) is 3.47. The van der Waals surface area contributed by atoms with E-state index in [1.54, 1.807) is 0 Å². The summed E-state index contributed by atoms with van der Waals surface area (Å²) in [7, 11) is 0. The van der Waals surface area contributed by atoms with Gasteiger partial charge in [0.1, 0.15) is 0 Å². The van der Waals surface area contributed by atoms with Crippen LogP contribution in [0.25, 0.3) is 0 Å². The molecule has 0 rings (SSSR count). The largest absolute Gasteiger partial charge is 0.289 e. The second-order valence-electron chi connectivity index (χ2n) is 4.03. The molecule has 4 heteroatoms. The van der Waals surface area contributed by atoms with Crippen LogP contribution < -0.4 is 5.09 Å². The summed E-state index contributed by atoms with van der Waals surface area (Å²) in [5, 5.41) is 2.92. The zero-order valence-electron chi connectivity index (χ0n) is 7.81. The van der Waals surface area contributed by atoms with Gasteiger partial charge in [0.25, 0.3) is 0 Å². The summed E-state index contributed by atoms with van der Waals surface area (Å²) in [6.45, 7) is 6.89. The first-order valence-electron chi connectivity index (χ1n) is 3.74. The highest BCUT2D eigenvalue weighted by molar-refractivity contribution is 7.88. The smallest absolute Gasteiger partial charge is 0.235 e. The maximum absolute atomic E-state index is 11.6. The second-order valence-corrected chi connectivity index (χ2v) is 7.95. The molecule has 68 valence electrons. The van der Waals surface area contributed by atoms with Crippen LogP contribution in [-0.4, -0.2) is 11.2 Å². The Morgan fingerprint density at radius 1 is 1.36 bits per heavy atom. The molecule has 0 fully saturated rings. The van der Waals surface area contributed by atoms with Gasteiger partial charge in [-0.3, -0.25) is 4.57 Å². The minimum Gasteiger partial charge on any atom is -0.289 e. The van der Waals surface area contributed by atoms with Crippen LogP contribution >= 0.6 is 17.9 Å². The number of hydrogen-bond acceptors (Lipinski definition) is 1. The molecule has 0 aliphatic carbocycles. The molecule has 0 radical (unpaired) electrons. The molecule has 1 atom stereocenters. The Morgan fingerprint density at radius 3 is 1.82 bits per heavy atom. The van der Waals surface area contributed by atoms with E-state index in [9.17, 15) is 4.57 Å². The van der Waals surface area contributed by atoms with Crippen molar-refractivity contribution in [3.63, 3.8) is 0 Å². The summed E-state index contributed by atoms with van der Waals surface area (Å²) >= 11 is 5.80. The topological polar surface area (TPSA) is 29.1 Å². The summed E-state index contributed by atoms with van der Waals surface area (Å²) in [4.78, 5) is 0. The molecule has 0 aromatic heterocycles. The van der Waals surface area contributed by atoms with Crippen molar-refractivity contribution in [2.24, 2.45) is 0 Å². The van der Waals surface area contributed by atoms with Crippen LogP contribution in [0, 0.1) is 0 Å². The van der Waals surface area contributed by atoms with Gasteiger partial charge < -0.3 is 0 Å². The first-order valence-corrected chi connectivity index (χ1v) is 6.42. The number of nitrogens with one attached hydrogen (secondary N) is 1. The van der Waals surface area contributed by atoms with E-state index in [-0.39, 0.29) is 11.2 Å². The molecule has 0 aliphatic rings. The van der Waals surface area contributed by atoms with Crippen molar-refractivity contribution in [2.45, 2.75) is 45.8 Å². The number of hydrogen-bond donors (Lipinski definition) is 1. The van der Waals surface area contributed by atoms with Crippen LogP contribution in [-0.2, 0) is 4.57 Å². The van der Waals surface area contributed by atoms with E-state index in [1.807, 2.05) is 34.6 Å². The molecule has 1 unspecified atom stereocenters. The quantitative estimate of drug-likeness (QED) is 0.689. The van der Waals surface area contributed by atoms with Crippen molar-refractivity contribution in [2.75, 3.05) is 0 Å². The molecule has 0 amide bonds. The van der Waals surface area contributed by atoms with Crippen LogP contribution in [0.3, 0.4) is 0 Å². The Kier molecular flexibility index (Phi) is 3.62. The minimum absolute atomic E-state index is 0.0107. The maximum atomic E-state index is 11.6. The molecule has 0 heterocycles. The molecular formula is C7H17ClNOP. The van der Waals surface area contributed by atoms with Crippen molar-refractivity contribution >= 4 is 17.9 Å². The van der Waals surface area contributed by atoms with E-state index in [4.69, 9.17) is 11.2 Å². The average molecular weight is 198 g/mol. The van der Waals surface area contributed by atoms with Gasteiger partial charge in [0.2, 0.25) is 6.65 Å². The zero-order chi connectivity index (χ0) is 9.28. The Labute approximate surface area is 73.9 Å². The van der Waals surface area contributed by atoms with Crippen LogP contribution in [0.15, 0.2) is 0 Å². The van der Waals surface area contributed by atoms with E-state index in [0.717, 1.165) is 0 Å². The van der Waals surface area contributed by atoms with Crippen LogP contribution in [0.5, 0.6) is 0 Å². The van der Waals surface area contributed by atoms with Gasteiger partial charge >= 0.3 is 0 Å². The van der Waals surface area contributed by atoms with Crippen molar-refractivity contribution < 1.29 is 4.57 Å². The van der Waals surface area contributed by atoms with Crippen LogP contribution in [0.4, 0.5) is 0 Å². The Bertz CT molecular complexity index is 174. The highest BCUT2D eigenvalue weighted by atomic mass is 35.7. The fourth-order valence-electron chi connectivity index (χ4n) is 0.586. The highest BCUT2D eigenvalue weighted by Gasteiger charge is 2.27. The van der Waals surface area contributed by atoms with Crippen molar-refractivity contribution in [3.8, 4) is 0 Å². The molecule has 1 N–H and O–H groups in total. The standard InChI is InChI=1S/C7H17ClNOP/c1-6(2)11(8,10)9-7(3,4)5/h6H,1-5H3,(H,9,10). The molecule has 11 heavy (non-hydrogen) atoms. The Morgan fingerprint density at radius 2 is 1.73 bits per heavy atom. The molecule has 0 saturated heterocycles. The monoisotopic (exact) mass is 197 g/mol. The molecule has 0 saturated carbocycles. The van der Waals surface area contributed by atoms with Gasteiger partial charge in [0, 0.05) is 11.2 Å². The first kappa shape index (κ1) is 11.5. The van der Waals surface area contributed by atoms with Gasteiger partial charge in [-0.05, 0) is 32.0 Å². The van der Waals surface area contributed by atoms with Crippen LogP contribution in [0.1, 0.15) is 34.6 Å². The fourth-order valence-corrected chi connectivity index (χ4v) is 2.52. The van der Waals surface area contributed by atoms with Gasteiger partial charge in [-0.2, -0.15) is 0 Å². The molecule has 0 aromatic carbocycles. The molecular weight excluding hydrogens is 181 g/mol. The first-order chi connectivity index (χ1) is 4.65. The van der Waals surface area contributed by atoms with Gasteiger partial charge in [-0.1, -0.05) is 13.8 Å². The molecule has 0 aliphatic heterocycles. The third-order valence-corrected chi connectivity index (χ3v) is 4.88. The minimum atomic E-state index is -2.66. The lowest BCUT2D eigenvalue weighted by molar-refractivity contribution is 0.493. The number of rotatable bonds is 2. The lowest BCUT2D eigenvalue weighted by Gasteiger charge is -2.26. The SMILES string of the molecule is CC(C)P(=O)(Cl)NC(C)(C)C. The highest BCUT2D eigenvalue weighted by Crippen LogP contribution is 2.52. The third-order valence-electron chi connectivity index (χ3n) is 1.15. The third kappa shape index (κ3) is 4.84. The van der Waals surface area contributed by atoms with Crippen molar-refractivity contribution in [1.29, 1.82) is 0 Å². The normalized spacial score (nSPS) is 18.5. The summed E-state index contributed by atoms with van der Waals surface area (Å²) in [5.41, 5.74) is -0.190. The van der Waals surface area contributed by atoms with Gasteiger partial charge in [0.15, 0.2) is 0 Å². The molecule has 0 bridgehead atoms. The number of halogens is 1.